The van der Waals surface area contributed by atoms with Gasteiger partial charge in [0.15, 0.2) is 0 Å². The van der Waals surface area contributed by atoms with Crippen LogP contribution in [-0.4, -0.2) is 59.3 Å². The smallest absolute Gasteiger partial charge is 0.272 e. The minimum absolute atomic E-state index is 0.00110. The van der Waals surface area contributed by atoms with E-state index in [0.717, 1.165) is 0 Å². The summed E-state index contributed by atoms with van der Waals surface area (Å²) in [6.07, 6.45) is 1.58. The molecule has 7 heteroatoms. The summed E-state index contributed by atoms with van der Waals surface area (Å²) in [6, 6.07) is 8.09. The van der Waals surface area contributed by atoms with Gasteiger partial charge in [-0.2, -0.15) is 0 Å². The van der Waals surface area contributed by atoms with Gasteiger partial charge in [0.1, 0.15) is 17.0 Å². The normalized spacial score (nSPS) is 24.2. The molecule has 0 bridgehead atoms. The zero-order valence-electron chi connectivity index (χ0n) is 15.1. The Bertz CT molecular complexity index is 851. The van der Waals surface area contributed by atoms with Crippen molar-refractivity contribution in [3.63, 3.8) is 0 Å². The van der Waals surface area contributed by atoms with Crippen LogP contribution in [-0.2, 0) is 4.74 Å². The van der Waals surface area contributed by atoms with Crippen molar-refractivity contribution in [2.24, 2.45) is 11.1 Å². The van der Waals surface area contributed by atoms with E-state index in [2.05, 4.69) is 4.98 Å². The van der Waals surface area contributed by atoms with Crippen LogP contribution in [0.4, 0.5) is 4.39 Å². The second-order valence-corrected chi connectivity index (χ2v) is 7.43. The summed E-state index contributed by atoms with van der Waals surface area (Å²) in [7, 11) is 0. The number of amides is 1. The van der Waals surface area contributed by atoms with Gasteiger partial charge in [-0.25, -0.2) is 9.37 Å². The molecule has 1 saturated carbocycles. The Morgan fingerprint density at radius 3 is 2.81 bits per heavy atom. The molecular formula is C20H24FN3O3. The Kier molecular flexibility index (Phi) is 4.84. The summed E-state index contributed by atoms with van der Waals surface area (Å²) in [6.45, 7) is 1.98. The average Bonchev–Trinajstić information content (AvgIpc) is 2.70. The molecule has 0 unspecified atom stereocenters. The van der Waals surface area contributed by atoms with Crippen LogP contribution in [0.3, 0.4) is 0 Å². The highest BCUT2D eigenvalue weighted by atomic mass is 19.1. The van der Waals surface area contributed by atoms with Gasteiger partial charge < -0.3 is 20.5 Å². The third kappa shape index (κ3) is 3.09. The molecule has 6 nitrogen and oxygen atoms in total. The number of para-hydroxylation sites is 1. The van der Waals surface area contributed by atoms with Crippen LogP contribution in [0.1, 0.15) is 29.8 Å². The zero-order valence-corrected chi connectivity index (χ0v) is 15.1. The highest BCUT2D eigenvalue weighted by Gasteiger charge is 2.56. The first-order valence-electron chi connectivity index (χ1n) is 9.39. The lowest BCUT2D eigenvalue weighted by Crippen LogP contribution is -2.63. The van der Waals surface area contributed by atoms with Crippen LogP contribution in [0.25, 0.3) is 10.9 Å². The zero-order chi connectivity index (χ0) is 19.0. The predicted octanol–water partition coefficient (Wildman–Crippen LogP) is 1.70. The molecule has 1 saturated heterocycles. The largest absolute Gasteiger partial charge is 0.392 e. The molecule has 144 valence electrons. The number of aliphatic hydroxyl groups is 1. The van der Waals surface area contributed by atoms with Crippen molar-refractivity contribution in [1.29, 1.82) is 0 Å². The van der Waals surface area contributed by atoms with Crippen molar-refractivity contribution in [1.82, 2.24) is 9.88 Å². The molecule has 2 atom stereocenters. The number of halogens is 1. The number of nitrogens with zero attached hydrogens (tertiary/aromatic N) is 2. The van der Waals surface area contributed by atoms with E-state index < -0.39 is 11.9 Å². The fourth-order valence-corrected chi connectivity index (χ4v) is 4.34. The predicted molar refractivity (Wildman–Crippen MR) is 98.7 cm³/mol. The highest BCUT2D eigenvalue weighted by Crippen LogP contribution is 2.51. The number of aliphatic hydroxyl groups excluding tert-OH is 1. The van der Waals surface area contributed by atoms with E-state index in [1.165, 1.54) is 6.07 Å². The molecule has 27 heavy (non-hydrogen) atoms. The van der Waals surface area contributed by atoms with Crippen LogP contribution in [0.15, 0.2) is 30.3 Å². The molecule has 4 rings (SSSR count). The number of pyridine rings is 1. The van der Waals surface area contributed by atoms with E-state index in [4.69, 9.17) is 10.5 Å². The van der Waals surface area contributed by atoms with Crippen LogP contribution >= 0.6 is 0 Å². The number of carbonyl (C=O) groups is 1. The highest BCUT2D eigenvalue weighted by molar-refractivity contribution is 5.95. The van der Waals surface area contributed by atoms with E-state index in [0.29, 0.717) is 50.9 Å². The molecule has 1 aliphatic heterocycles. The van der Waals surface area contributed by atoms with E-state index in [-0.39, 0.29) is 28.6 Å². The van der Waals surface area contributed by atoms with Gasteiger partial charge in [0.25, 0.3) is 5.91 Å². The molecule has 2 aromatic rings. The van der Waals surface area contributed by atoms with E-state index in [1.54, 1.807) is 29.2 Å². The minimum Gasteiger partial charge on any atom is -0.392 e. The minimum atomic E-state index is -0.433. The fourth-order valence-electron chi connectivity index (χ4n) is 4.34. The number of hydrogen-bond acceptors (Lipinski definition) is 5. The van der Waals surface area contributed by atoms with Crippen molar-refractivity contribution >= 4 is 16.8 Å². The quantitative estimate of drug-likeness (QED) is 0.852. The maximum absolute atomic E-state index is 14.0. The lowest BCUT2D eigenvalue weighted by atomic mass is 9.58. The third-order valence-electron chi connectivity index (χ3n) is 6.05. The van der Waals surface area contributed by atoms with Crippen LogP contribution in [0, 0.1) is 11.2 Å². The van der Waals surface area contributed by atoms with Gasteiger partial charge in [-0.15, -0.1) is 0 Å². The second kappa shape index (κ2) is 7.14. The van der Waals surface area contributed by atoms with Crippen LogP contribution < -0.4 is 5.73 Å². The molecule has 1 aromatic heterocycles. The first-order valence-corrected chi connectivity index (χ1v) is 9.39. The Morgan fingerprint density at radius 1 is 1.33 bits per heavy atom. The van der Waals surface area contributed by atoms with Crippen molar-refractivity contribution in [2.45, 2.75) is 31.5 Å². The summed E-state index contributed by atoms with van der Waals surface area (Å²) < 4.78 is 19.8. The Hall–Kier alpha value is -2.09. The number of likely N-dealkylation sites (tertiary alicyclic amines) is 1. The topological polar surface area (TPSA) is 88.7 Å². The fraction of sp³-hybridized carbons (Fsp3) is 0.500. The van der Waals surface area contributed by atoms with Gasteiger partial charge in [-0.1, -0.05) is 18.2 Å². The van der Waals surface area contributed by atoms with Gasteiger partial charge in [-0.05, 0) is 25.0 Å². The number of rotatable bonds is 4. The lowest BCUT2D eigenvalue weighted by molar-refractivity contribution is -0.208. The van der Waals surface area contributed by atoms with Crippen molar-refractivity contribution in [2.75, 3.05) is 26.2 Å². The van der Waals surface area contributed by atoms with Gasteiger partial charge in [0, 0.05) is 36.9 Å². The number of fused-ring (bicyclic) bond motifs is 1. The van der Waals surface area contributed by atoms with Crippen LogP contribution in [0.2, 0.25) is 0 Å². The summed E-state index contributed by atoms with van der Waals surface area (Å²) in [5.74, 6) is -0.638. The van der Waals surface area contributed by atoms with E-state index in [9.17, 15) is 14.3 Å². The average molecular weight is 373 g/mol. The number of hydrogen-bond donors (Lipinski definition) is 2. The molecule has 2 heterocycles. The number of nitrogens with two attached hydrogens (primary N) is 1. The molecule has 2 fully saturated rings. The van der Waals surface area contributed by atoms with Gasteiger partial charge in [-0.3, -0.25) is 4.79 Å². The number of piperidine rings is 1. The molecule has 2 aliphatic rings. The second-order valence-electron chi connectivity index (χ2n) is 7.43. The Balaban J connectivity index is 1.47. The lowest BCUT2D eigenvalue weighted by Gasteiger charge is -2.56. The molecule has 0 radical (unpaired) electrons. The van der Waals surface area contributed by atoms with Gasteiger partial charge in [0.2, 0.25) is 0 Å². The number of carbonyl (C=O) groups excluding carboxylic acids is 1. The maximum Gasteiger partial charge on any atom is 0.272 e. The summed E-state index contributed by atoms with van der Waals surface area (Å²) >= 11 is 0. The number of ether oxygens (including phenoxy) is 1. The molecule has 1 aliphatic carbocycles. The van der Waals surface area contributed by atoms with Gasteiger partial charge >= 0.3 is 0 Å². The Labute approximate surface area is 157 Å². The van der Waals surface area contributed by atoms with Crippen molar-refractivity contribution < 1.29 is 19.0 Å². The number of benzene rings is 1. The maximum atomic E-state index is 14.0. The van der Waals surface area contributed by atoms with Crippen molar-refractivity contribution in [3.05, 3.63) is 41.8 Å². The first kappa shape index (κ1) is 18.3. The van der Waals surface area contributed by atoms with Gasteiger partial charge in [0.05, 0.1) is 18.8 Å². The molecule has 3 N–H and O–H groups in total. The summed E-state index contributed by atoms with van der Waals surface area (Å²) in [5.41, 5.74) is 5.68. The first-order chi connectivity index (χ1) is 13.0. The summed E-state index contributed by atoms with van der Waals surface area (Å²) in [4.78, 5) is 18.8. The molecule has 1 aromatic carbocycles. The molecule has 1 spiro atoms. The third-order valence-corrected chi connectivity index (χ3v) is 6.05. The summed E-state index contributed by atoms with van der Waals surface area (Å²) in [5, 5.41) is 11.0. The standard InChI is InChI=1S/C20H24FN3O3/c21-14-3-1-2-13-4-5-15(23-18(13)14)19(26)24-9-6-20(7-10-24)16(25)12-17(20)27-11-8-22/h1-5,16-17,25H,6-12,22H2/t16-,17+/m0/s1. The monoisotopic (exact) mass is 373 g/mol. The molecular weight excluding hydrogens is 349 g/mol. The SMILES string of the molecule is NCCO[C@@H]1C[C@H](O)C12CCN(C(=O)c1ccc3cccc(F)c3n1)CC2. The Morgan fingerprint density at radius 2 is 2.11 bits per heavy atom. The van der Waals surface area contributed by atoms with Crippen molar-refractivity contribution in [3.8, 4) is 0 Å². The van der Waals surface area contributed by atoms with Crippen LogP contribution in [0.5, 0.6) is 0 Å². The van der Waals surface area contributed by atoms with E-state index >= 15 is 0 Å². The molecule has 1 amide bonds. The van der Waals surface area contributed by atoms with E-state index in [1.807, 2.05) is 0 Å². The number of aromatic nitrogens is 1.